The van der Waals surface area contributed by atoms with Crippen LogP contribution in [-0.2, 0) is 0 Å². The number of hydrogen-bond donors (Lipinski definition) is 0. The third kappa shape index (κ3) is 9.19. The molecule has 26 valence electrons. The van der Waals surface area contributed by atoms with Crippen LogP contribution in [0.3, 0.4) is 0 Å². The zero-order valence-electron chi connectivity index (χ0n) is 1.71. The summed E-state index contributed by atoms with van der Waals surface area (Å²) in [4.78, 5) is 0. The summed E-state index contributed by atoms with van der Waals surface area (Å²) in [6.45, 7) is 0. The van der Waals surface area contributed by atoms with E-state index in [9.17, 15) is 0 Å². The predicted octanol–water partition coefficient (Wildman–Crippen LogP) is -3.48. The Morgan fingerprint density at radius 2 is 0.750 bits per heavy atom. The van der Waals surface area contributed by atoms with Gasteiger partial charge >= 0.3 is 55.8 Å². The van der Waals surface area contributed by atoms with Gasteiger partial charge < -0.3 is 11.0 Å². The van der Waals surface area contributed by atoms with Gasteiger partial charge in [0.1, 0.15) is 0 Å². The van der Waals surface area contributed by atoms with E-state index in [1.54, 1.807) is 0 Å². The minimum absolute atomic E-state index is 0. The minimum atomic E-state index is 0. The number of rotatable bonds is 0. The van der Waals surface area contributed by atoms with Gasteiger partial charge in [0.2, 0.25) is 0 Å². The molecular weight excluding hydrogens is 264 g/mol. The van der Waals surface area contributed by atoms with Crippen LogP contribution in [0.15, 0.2) is 0 Å². The molecule has 0 aromatic rings. The van der Waals surface area contributed by atoms with Crippen molar-refractivity contribution in [2.75, 3.05) is 0 Å². The van der Waals surface area contributed by atoms with E-state index in [4.69, 9.17) is 0 Å². The van der Waals surface area contributed by atoms with Gasteiger partial charge in [-0.25, -0.2) is 0 Å². The zero-order valence-corrected chi connectivity index (χ0v) is 7.20. The molecule has 4 heteroatoms. The second-order valence-electron chi connectivity index (χ2n) is 0. The maximum atomic E-state index is 0. The topological polar surface area (TPSA) is 63.0 Å². The molecule has 0 saturated carbocycles. The number of hydrogen-bond acceptors (Lipinski definition) is 0. The maximum absolute atomic E-state index is 0. The van der Waals surface area contributed by atoms with Gasteiger partial charge in [-0.3, -0.25) is 0 Å². The van der Waals surface area contributed by atoms with Crippen LogP contribution in [0.25, 0.3) is 0 Å². The molecular formula is H8BiNaO2. The average molecular weight is 272 g/mol. The summed E-state index contributed by atoms with van der Waals surface area (Å²) in [5.74, 6) is 0. The van der Waals surface area contributed by atoms with Crippen LogP contribution in [0.5, 0.6) is 0 Å². The summed E-state index contributed by atoms with van der Waals surface area (Å²) < 4.78 is 0. The van der Waals surface area contributed by atoms with Crippen molar-refractivity contribution >= 4 is 55.8 Å². The molecule has 0 aliphatic rings. The summed E-state index contributed by atoms with van der Waals surface area (Å²) in [5, 5.41) is 0. The Hall–Kier alpha value is 1.80. The van der Waals surface area contributed by atoms with E-state index in [1.807, 2.05) is 0 Å². The Bertz CT molecular complexity index is 6.00. The molecule has 0 aromatic carbocycles. The molecule has 2 nitrogen and oxygen atoms in total. The van der Waals surface area contributed by atoms with Gasteiger partial charge in [0.15, 0.2) is 0 Å². The van der Waals surface area contributed by atoms with E-state index in [0.29, 0.717) is 0 Å². The first-order valence-corrected chi connectivity index (χ1v) is 0. The van der Waals surface area contributed by atoms with Crippen LogP contribution in [0, 0.1) is 0 Å². The first-order valence-electron chi connectivity index (χ1n) is 0. The fraction of sp³-hybridized carbons (Fsp3) is 0. The SMILES string of the molecule is O.O.[BiH3].[NaH]. The molecule has 0 radical (unpaired) electrons. The Kier molecular flexibility index (Phi) is 220. The Balaban J connectivity index is 0. The fourth-order valence-electron chi connectivity index (χ4n) is 0. The monoisotopic (exact) mass is 272 g/mol. The quantitative estimate of drug-likeness (QED) is 0.411. The van der Waals surface area contributed by atoms with Crippen LogP contribution < -0.4 is 0 Å². The predicted molar refractivity (Wildman–Crippen MR) is 24.3 cm³/mol. The molecule has 0 fully saturated rings. The van der Waals surface area contributed by atoms with E-state index in [2.05, 4.69) is 0 Å². The van der Waals surface area contributed by atoms with E-state index < -0.39 is 0 Å². The molecule has 0 atom stereocenters. The Morgan fingerprint density at radius 1 is 0.750 bits per heavy atom. The van der Waals surface area contributed by atoms with Crippen molar-refractivity contribution in [3.8, 4) is 0 Å². The summed E-state index contributed by atoms with van der Waals surface area (Å²) in [5.41, 5.74) is 0. The van der Waals surface area contributed by atoms with Crippen LogP contribution in [-0.4, -0.2) is 66.7 Å². The first-order chi connectivity index (χ1) is 0. The van der Waals surface area contributed by atoms with Crippen LogP contribution in [0.4, 0.5) is 0 Å². The molecule has 0 heterocycles. The summed E-state index contributed by atoms with van der Waals surface area (Å²) >= 11 is 0. The average Bonchev–Trinajstić information content (AvgIpc) is 0. The molecule has 0 bridgehead atoms. The third-order valence-corrected chi connectivity index (χ3v) is 0. The summed E-state index contributed by atoms with van der Waals surface area (Å²) in [7, 11) is 0. The van der Waals surface area contributed by atoms with Gasteiger partial charge in [-0.2, -0.15) is 0 Å². The van der Waals surface area contributed by atoms with Gasteiger partial charge in [0.05, 0.1) is 0 Å². The van der Waals surface area contributed by atoms with Gasteiger partial charge in [-0.1, -0.05) is 0 Å². The molecule has 0 spiro atoms. The van der Waals surface area contributed by atoms with Crippen molar-refractivity contribution < 1.29 is 11.0 Å². The summed E-state index contributed by atoms with van der Waals surface area (Å²) in [6.07, 6.45) is 0. The van der Waals surface area contributed by atoms with Crippen LogP contribution >= 0.6 is 0 Å². The Morgan fingerprint density at radius 3 is 0.750 bits per heavy atom. The molecule has 0 rings (SSSR count). The van der Waals surface area contributed by atoms with Crippen molar-refractivity contribution in [3.63, 3.8) is 0 Å². The van der Waals surface area contributed by atoms with Gasteiger partial charge in [-0.05, 0) is 0 Å². The molecule has 0 saturated heterocycles. The molecule has 0 aliphatic carbocycles. The first kappa shape index (κ1) is 41.2. The van der Waals surface area contributed by atoms with Crippen LogP contribution in [0.1, 0.15) is 0 Å². The van der Waals surface area contributed by atoms with Crippen molar-refractivity contribution in [1.29, 1.82) is 0 Å². The zero-order chi connectivity index (χ0) is 0. The van der Waals surface area contributed by atoms with Gasteiger partial charge in [0.25, 0.3) is 0 Å². The standard InChI is InChI=1S/Bi.Na.2H2O.4H/h;;2*1H2;;;;. The van der Waals surface area contributed by atoms with E-state index >= 15 is 0 Å². The second kappa shape index (κ2) is 21.4. The van der Waals surface area contributed by atoms with Crippen LogP contribution in [0.2, 0.25) is 0 Å². The van der Waals surface area contributed by atoms with Gasteiger partial charge in [-0.15, -0.1) is 0 Å². The summed E-state index contributed by atoms with van der Waals surface area (Å²) in [6, 6.07) is 0. The van der Waals surface area contributed by atoms with Crippen molar-refractivity contribution in [2.45, 2.75) is 0 Å². The van der Waals surface area contributed by atoms with Crippen molar-refractivity contribution in [3.05, 3.63) is 0 Å². The van der Waals surface area contributed by atoms with E-state index in [0.717, 1.165) is 0 Å². The molecule has 4 N–H and O–H groups in total. The molecule has 0 aromatic heterocycles. The van der Waals surface area contributed by atoms with Crippen molar-refractivity contribution in [1.82, 2.24) is 0 Å². The van der Waals surface area contributed by atoms with Crippen molar-refractivity contribution in [2.24, 2.45) is 0 Å². The van der Waals surface area contributed by atoms with E-state index in [-0.39, 0.29) is 66.7 Å². The third-order valence-electron chi connectivity index (χ3n) is 0. The van der Waals surface area contributed by atoms with E-state index in [1.165, 1.54) is 0 Å². The van der Waals surface area contributed by atoms with Gasteiger partial charge in [0, 0.05) is 0 Å². The normalized spacial score (nSPS) is 0. The molecule has 0 amide bonds. The fourth-order valence-corrected chi connectivity index (χ4v) is 0. The second-order valence-corrected chi connectivity index (χ2v) is 0. The molecule has 0 aliphatic heterocycles. The molecule has 0 unspecified atom stereocenters. The Labute approximate surface area is 66.0 Å². The molecule has 4 heavy (non-hydrogen) atoms.